The van der Waals surface area contributed by atoms with Gasteiger partial charge >= 0.3 is 0 Å². The summed E-state index contributed by atoms with van der Waals surface area (Å²) in [5.41, 5.74) is 10.3. The van der Waals surface area contributed by atoms with E-state index in [9.17, 15) is 0 Å². The highest BCUT2D eigenvalue weighted by Gasteiger charge is 2.13. The highest BCUT2D eigenvalue weighted by atomic mass is 16.5. The third-order valence-electron chi connectivity index (χ3n) is 2.31. The van der Waals surface area contributed by atoms with Crippen LogP contribution in [0.2, 0.25) is 0 Å². The summed E-state index contributed by atoms with van der Waals surface area (Å²) in [7, 11) is 3.26. The summed E-state index contributed by atoms with van der Waals surface area (Å²) in [4.78, 5) is 2.76. The molecule has 0 N–H and O–H groups in total. The minimum absolute atomic E-state index is 0.130. The number of methoxy groups -OCH3 is 2. The Kier molecular flexibility index (Phi) is 5.36. The zero-order valence-corrected chi connectivity index (χ0v) is 9.46. The molecular weight excluding hydrogens is 206 g/mol. The molecule has 0 saturated heterocycles. The van der Waals surface area contributed by atoms with Crippen molar-refractivity contribution < 1.29 is 9.47 Å². The van der Waals surface area contributed by atoms with E-state index in [4.69, 9.17) is 15.0 Å². The van der Waals surface area contributed by atoms with Crippen molar-refractivity contribution in [3.8, 4) is 0 Å². The smallest absolute Gasteiger partial charge is 0.106 e. The zero-order chi connectivity index (χ0) is 11.8. The molecule has 0 aliphatic carbocycles. The Bertz CT molecular complexity index is 375. The van der Waals surface area contributed by atoms with Crippen LogP contribution < -0.4 is 0 Å². The summed E-state index contributed by atoms with van der Waals surface area (Å²) in [6, 6.07) is 7.71. The van der Waals surface area contributed by atoms with Crippen LogP contribution in [-0.4, -0.2) is 20.8 Å². The fourth-order valence-electron chi connectivity index (χ4n) is 1.54. The van der Waals surface area contributed by atoms with Crippen molar-refractivity contribution in [1.82, 2.24) is 0 Å². The number of hydrogen-bond donors (Lipinski definition) is 0. The van der Waals surface area contributed by atoms with E-state index in [0.29, 0.717) is 13.2 Å². The Labute approximate surface area is 94.6 Å². The molecule has 0 aromatic heterocycles. The first kappa shape index (κ1) is 12.5. The molecule has 0 spiro atoms. The van der Waals surface area contributed by atoms with Crippen molar-refractivity contribution in [2.75, 3.05) is 20.8 Å². The SMILES string of the molecule is COCC(OC)c1ccccc1CN=[N+]=[N-]. The lowest BCUT2D eigenvalue weighted by atomic mass is 10.0. The van der Waals surface area contributed by atoms with Crippen LogP contribution in [0.1, 0.15) is 17.2 Å². The second kappa shape index (κ2) is 6.85. The van der Waals surface area contributed by atoms with E-state index in [2.05, 4.69) is 10.0 Å². The van der Waals surface area contributed by atoms with Crippen LogP contribution in [-0.2, 0) is 16.0 Å². The maximum Gasteiger partial charge on any atom is 0.106 e. The van der Waals surface area contributed by atoms with Crippen molar-refractivity contribution in [1.29, 1.82) is 0 Å². The lowest BCUT2D eigenvalue weighted by molar-refractivity contribution is 0.0270. The Morgan fingerprint density at radius 2 is 2.12 bits per heavy atom. The first-order chi connectivity index (χ1) is 7.83. The van der Waals surface area contributed by atoms with E-state index >= 15 is 0 Å². The first-order valence-corrected chi connectivity index (χ1v) is 4.93. The molecule has 1 aromatic carbocycles. The van der Waals surface area contributed by atoms with Crippen molar-refractivity contribution in [3.63, 3.8) is 0 Å². The Hall–Kier alpha value is -1.55. The van der Waals surface area contributed by atoms with E-state index in [0.717, 1.165) is 11.1 Å². The minimum Gasteiger partial charge on any atom is -0.382 e. The molecule has 0 aliphatic rings. The highest BCUT2D eigenvalue weighted by Crippen LogP contribution is 2.21. The third kappa shape index (κ3) is 3.24. The second-order valence-electron chi connectivity index (χ2n) is 3.27. The minimum atomic E-state index is -0.130. The highest BCUT2D eigenvalue weighted by molar-refractivity contribution is 5.29. The summed E-state index contributed by atoms with van der Waals surface area (Å²) < 4.78 is 10.4. The number of ether oxygens (including phenoxy) is 2. The zero-order valence-electron chi connectivity index (χ0n) is 9.46. The summed E-state index contributed by atoms with van der Waals surface area (Å²) in [5.74, 6) is 0. The topological polar surface area (TPSA) is 67.2 Å². The maximum absolute atomic E-state index is 8.32. The van der Waals surface area contributed by atoms with E-state index < -0.39 is 0 Å². The molecule has 0 amide bonds. The molecule has 86 valence electrons. The summed E-state index contributed by atoms with van der Waals surface area (Å²) in [6.45, 7) is 0.806. The number of nitrogens with zero attached hydrogens (tertiary/aromatic N) is 3. The molecule has 0 fully saturated rings. The van der Waals surface area contributed by atoms with Crippen molar-refractivity contribution in [3.05, 3.63) is 45.8 Å². The number of hydrogen-bond acceptors (Lipinski definition) is 3. The Morgan fingerprint density at radius 3 is 2.75 bits per heavy atom. The molecule has 1 atom stereocenters. The van der Waals surface area contributed by atoms with Gasteiger partial charge in [0.05, 0.1) is 13.2 Å². The van der Waals surface area contributed by atoms with Gasteiger partial charge in [0.2, 0.25) is 0 Å². The molecule has 1 aromatic rings. The van der Waals surface area contributed by atoms with E-state index in [1.807, 2.05) is 24.3 Å². The maximum atomic E-state index is 8.32. The van der Waals surface area contributed by atoms with Crippen LogP contribution in [0.15, 0.2) is 29.4 Å². The van der Waals surface area contributed by atoms with Crippen LogP contribution in [0, 0.1) is 0 Å². The van der Waals surface area contributed by atoms with Gasteiger partial charge in [0.1, 0.15) is 6.10 Å². The molecule has 16 heavy (non-hydrogen) atoms. The standard InChI is InChI=1S/C11H15N3O2/c1-15-8-11(16-2)10-6-4-3-5-9(10)7-13-14-12/h3-6,11H,7-8H2,1-2H3. The average molecular weight is 221 g/mol. The van der Waals surface area contributed by atoms with Crippen LogP contribution in [0.4, 0.5) is 0 Å². The van der Waals surface area contributed by atoms with Crippen LogP contribution in [0.25, 0.3) is 10.4 Å². The number of azide groups is 1. The molecule has 5 nitrogen and oxygen atoms in total. The van der Waals surface area contributed by atoms with Gasteiger partial charge in [0, 0.05) is 19.1 Å². The molecule has 5 heteroatoms. The predicted molar refractivity (Wildman–Crippen MR) is 60.9 cm³/mol. The molecule has 1 rings (SSSR count). The quantitative estimate of drug-likeness (QED) is 0.421. The third-order valence-corrected chi connectivity index (χ3v) is 2.31. The van der Waals surface area contributed by atoms with Crippen molar-refractivity contribution in [2.24, 2.45) is 5.11 Å². The normalized spacial score (nSPS) is 11.9. The van der Waals surface area contributed by atoms with Crippen LogP contribution in [0.3, 0.4) is 0 Å². The fourth-order valence-corrected chi connectivity index (χ4v) is 1.54. The molecule has 0 heterocycles. The Balaban J connectivity index is 2.95. The van der Waals surface area contributed by atoms with Gasteiger partial charge in [-0.2, -0.15) is 0 Å². The number of benzene rings is 1. The molecule has 0 saturated carbocycles. The van der Waals surface area contributed by atoms with Crippen LogP contribution in [0.5, 0.6) is 0 Å². The summed E-state index contributed by atoms with van der Waals surface area (Å²) >= 11 is 0. The van der Waals surface area contributed by atoms with Crippen molar-refractivity contribution in [2.45, 2.75) is 12.6 Å². The van der Waals surface area contributed by atoms with Gasteiger partial charge in [0.15, 0.2) is 0 Å². The Morgan fingerprint density at radius 1 is 1.38 bits per heavy atom. The lowest BCUT2D eigenvalue weighted by Crippen LogP contribution is -2.10. The summed E-state index contributed by atoms with van der Waals surface area (Å²) in [5, 5.41) is 3.56. The van der Waals surface area contributed by atoms with Crippen molar-refractivity contribution >= 4 is 0 Å². The second-order valence-corrected chi connectivity index (χ2v) is 3.27. The predicted octanol–water partition coefficient (Wildman–Crippen LogP) is 2.83. The van der Waals surface area contributed by atoms with E-state index in [1.165, 1.54) is 0 Å². The lowest BCUT2D eigenvalue weighted by Gasteiger charge is -2.17. The molecule has 1 unspecified atom stereocenters. The largest absolute Gasteiger partial charge is 0.382 e. The average Bonchev–Trinajstić information content (AvgIpc) is 2.34. The van der Waals surface area contributed by atoms with E-state index in [1.54, 1.807) is 14.2 Å². The number of rotatable bonds is 6. The van der Waals surface area contributed by atoms with Gasteiger partial charge in [-0.05, 0) is 16.7 Å². The molecule has 0 aliphatic heterocycles. The van der Waals surface area contributed by atoms with Gasteiger partial charge in [-0.15, -0.1) is 0 Å². The van der Waals surface area contributed by atoms with Gasteiger partial charge in [-0.1, -0.05) is 29.4 Å². The summed E-state index contributed by atoms with van der Waals surface area (Å²) in [6.07, 6.45) is -0.130. The van der Waals surface area contributed by atoms with Gasteiger partial charge in [-0.3, -0.25) is 0 Å². The monoisotopic (exact) mass is 221 g/mol. The first-order valence-electron chi connectivity index (χ1n) is 4.93. The molecular formula is C11H15N3O2. The molecule has 0 radical (unpaired) electrons. The van der Waals surface area contributed by atoms with Gasteiger partial charge in [0.25, 0.3) is 0 Å². The van der Waals surface area contributed by atoms with E-state index in [-0.39, 0.29) is 6.10 Å². The van der Waals surface area contributed by atoms with Gasteiger partial charge in [-0.25, -0.2) is 0 Å². The van der Waals surface area contributed by atoms with Gasteiger partial charge < -0.3 is 9.47 Å². The fraction of sp³-hybridized carbons (Fsp3) is 0.455. The van der Waals surface area contributed by atoms with Crippen LogP contribution >= 0.6 is 0 Å². The molecule has 0 bridgehead atoms.